The van der Waals surface area contributed by atoms with E-state index in [1.807, 2.05) is 12.1 Å². The molecule has 0 bridgehead atoms. The van der Waals surface area contributed by atoms with Gasteiger partial charge in [-0.25, -0.2) is 4.98 Å². The summed E-state index contributed by atoms with van der Waals surface area (Å²) in [6.07, 6.45) is 6.25. The van der Waals surface area contributed by atoms with Gasteiger partial charge in [0.2, 0.25) is 5.89 Å². The maximum absolute atomic E-state index is 8.90. The predicted octanol–water partition coefficient (Wildman–Crippen LogP) is 2.31. The lowest BCUT2D eigenvalue weighted by Gasteiger charge is -2.37. The third-order valence-corrected chi connectivity index (χ3v) is 5.04. The number of pyridine rings is 1. The zero-order valence-electron chi connectivity index (χ0n) is 14.4. The molecule has 4 rings (SSSR count). The first kappa shape index (κ1) is 16.0. The van der Waals surface area contributed by atoms with Crippen LogP contribution in [0.4, 0.5) is 5.82 Å². The first-order valence-electron chi connectivity index (χ1n) is 8.87. The highest BCUT2D eigenvalue weighted by Gasteiger charge is 2.30. The topological polar surface area (TPSA) is 82.1 Å². The molecule has 1 saturated carbocycles. The highest BCUT2D eigenvalue weighted by molar-refractivity contribution is 5.42. The third-order valence-electron chi connectivity index (χ3n) is 5.04. The average molecular weight is 338 g/mol. The molecule has 2 aromatic heterocycles. The van der Waals surface area contributed by atoms with Gasteiger partial charge in [-0.3, -0.25) is 4.90 Å². The Labute approximate surface area is 147 Å². The fourth-order valence-electron chi connectivity index (χ4n) is 3.37. The average Bonchev–Trinajstić information content (AvgIpc) is 3.41. The number of piperidine rings is 1. The van der Waals surface area contributed by atoms with E-state index in [0.29, 0.717) is 17.5 Å². The zero-order chi connectivity index (χ0) is 17.2. The highest BCUT2D eigenvalue weighted by Crippen LogP contribution is 2.38. The molecule has 3 heterocycles. The van der Waals surface area contributed by atoms with Crippen molar-refractivity contribution in [3.8, 4) is 6.07 Å². The third kappa shape index (κ3) is 3.64. The van der Waals surface area contributed by atoms with Crippen molar-refractivity contribution in [3.63, 3.8) is 0 Å². The van der Waals surface area contributed by atoms with Crippen molar-refractivity contribution in [2.75, 3.05) is 25.0 Å². The van der Waals surface area contributed by atoms with Crippen LogP contribution in [0.3, 0.4) is 0 Å². The molecule has 7 nitrogen and oxygen atoms in total. The van der Waals surface area contributed by atoms with Crippen molar-refractivity contribution in [1.29, 1.82) is 5.26 Å². The van der Waals surface area contributed by atoms with Crippen LogP contribution in [0, 0.1) is 11.3 Å². The number of nitriles is 1. The molecule has 130 valence electrons. The summed E-state index contributed by atoms with van der Waals surface area (Å²) in [4.78, 5) is 13.5. The van der Waals surface area contributed by atoms with Crippen LogP contribution in [0.1, 0.15) is 48.9 Å². The van der Waals surface area contributed by atoms with E-state index in [1.165, 1.54) is 12.8 Å². The fourth-order valence-corrected chi connectivity index (χ4v) is 3.37. The van der Waals surface area contributed by atoms with Gasteiger partial charge in [0.25, 0.3) is 0 Å². The van der Waals surface area contributed by atoms with Crippen LogP contribution in [0.2, 0.25) is 0 Å². The Morgan fingerprint density at radius 1 is 1.36 bits per heavy atom. The number of aromatic nitrogens is 3. The summed E-state index contributed by atoms with van der Waals surface area (Å²) in [6.45, 7) is 2.74. The maximum atomic E-state index is 8.90. The van der Waals surface area contributed by atoms with Crippen molar-refractivity contribution < 1.29 is 4.52 Å². The first-order valence-corrected chi connectivity index (χ1v) is 8.87. The molecule has 0 unspecified atom stereocenters. The molecule has 0 amide bonds. The monoisotopic (exact) mass is 338 g/mol. The Morgan fingerprint density at radius 3 is 2.96 bits per heavy atom. The molecule has 2 aliphatic rings. The molecule has 2 aromatic rings. The predicted molar refractivity (Wildman–Crippen MR) is 91.9 cm³/mol. The second-order valence-electron chi connectivity index (χ2n) is 6.98. The lowest BCUT2D eigenvalue weighted by Crippen LogP contribution is -2.46. The van der Waals surface area contributed by atoms with Gasteiger partial charge in [-0.2, -0.15) is 10.2 Å². The molecule has 7 heteroatoms. The summed E-state index contributed by atoms with van der Waals surface area (Å²) in [5.74, 6) is 3.01. The number of likely N-dealkylation sites (tertiary alicyclic amines) is 1. The van der Waals surface area contributed by atoms with E-state index in [-0.39, 0.29) is 0 Å². The lowest BCUT2D eigenvalue weighted by molar-refractivity contribution is 0.192. The van der Waals surface area contributed by atoms with E-state index in [4.69, 9.17) is 9.78 Å². The smallest absolute Gasteiger partial charge is 0.229 e. The minimum Gasteiger partial charge on any atom is -0.355 e. The standard InChI is InChI=1S/C18H22N6O/c1-23(17-7-4-13(9-19)10-20-17)15-3-2-8-24(11-15)12-16-21-18(25-22-16)14-5-6-14/h4,7,10,14-15H,2-3,5-6,8,11-12H2,1H3/t15-/m1/s1. The molecule has 1 saturated heterocycles. The Bertz CT molecular complexity index is 761. The van der Waals surface area contributed by atoms with E-state index in [2.05, 4.69) is 38.0 Å². The Kier molecular flexibility index (Phi) is 4.36. The van der Waals surface area contributed by atoms with Gasteiger partial charge >= 0.3 is 0 Å². The van der Waals surface area contributed by atoms with Crippen LogP contribution in [0.15, 0.2) is 22.9 Å². The minimum absolute atomic E-state index is 0.393. The van der Waals surface area contributed by atoms with Crippen molar-refractivity contribution in [2.24, 2.45) is 0 Å². The van der Waals surface area contributed by atoms with Crippen LogP contribution in [0.25, 0.3) is 0 Å². The van der Waals surface area contributed by atoms with E-state index < -0.39 is 0 Å². The van der Waals surface area contributed by atoms with Crippen LogP contribution in [-0.4, -0.2) is 46.2 Å². The summed E-state index contributed by atoms with van der Waals surface area (Å²) in [6, 6.07) is 6.23. The highest BCUT2D eigenvalue weighted by atomic mass is 16.5. The molecule has 1 atom stereocenters. The summed E-state index contributed by atoms with van der Waals surface area (Å²) in [5, 5.41) is 13.0. The summed E-state index contributed by atoms with van der Waals surface area (Å²) in [7, 11) is 2.07. The van der Waals surface area contributed by atoms with Crippen molar-refractivity contribution in [2.45, 2.75) is 44.2 Å². The van der Waals surface area contributed by atoms with Crippen LogP contribution in [0.5, 0.6) is 0 Å². The summed E-state index contributed by atoms with van der Waals surface area (Å²) in [5.41, 5.74) is 0.589. The number of hydrogen-bond donors (Lipinski definition) is 0. The van der Waals surface area contributed by atoms with Crippen molar-refractivity contribution >= 4 is 5.82 Å². The van der Waals surface area contributed by atoms with Crippen LogP contribution < -0.4 is 4.90 Å². The van der Waals surface area contributed by atoms with Crippen molar-refractivity contribution in [3.05, 3.63) is 35.6 Å². The van der Waals surface area contributed by atoms with Gasteiger partial charge in [0, 0.05) is 31.7 Å². The molecule has 0 radical (unpaired) electrons. The molecule has 0 N–H and O–H groups in total. The summed E-state index contributed by atoms with van der Waals surface area (Å²) < 4.78 is 5.36. The molecule has 25 heavy (non-hydrogen) atoms. The number of anilines is 1. The second-order valence-corrected chi connectivity index (χ2v) is 6.98. The van der Waals surface area contributed by atoms with Crippen LogP contribution >= 0.6 is 0 Å². The SMILES string of the molecule is CN(c1ccc(C#N)cn1)[C@@H]1CCCN(Cc2noc(C3CC3)n2)C1. The zero-order valence-corrected chi connectivity index (χ0v) is 14.4. The Balaban J connectivity index is 1.38. The Morgan fingerprint density at radius 2 is 2.24 bits per heavy atom. The largest absolute Gasteiger partial charge is 0.355 e. The lowest BCUT2D eigenvalue weighted by atomic mass is 10.0. The first-order chi connectivity index (χ1) is 12.2. The minimum atomic E-state index is 0.393. The van der Waals surface area contributed by atoms with Gasteiger partial charge in [0.1, 0.15) is 11.9 Å². The van der Waals surface area contributed by atoms with E-state index >= 15 is 0 Å². The number of nitrogens with zero attached hydrogens (tertiary/aromatic N) is 6. The number of rotatable bonds is 5. The number of likely N-dealkylation sites (N-methyl/N-ethyl adjacent to an activating group) is 1. The molecule has 2 fully saturated rings. The summed E-state index contributed by atoms with van der Waals surface area (Å²) >= 11 is 0. The van der Waals surface area contributed by atoms with Gasteiger partial charge in [-0.1, -0.05) is 5.16 Å². The molecule has 1 aliphatic heterocycles. The molecule has 1 aliphatic carbocycles. The van der Waals surface area contributed by atoms with Crippen LogP contribution in [-0.2, 0) is 6.54 Å². The normalized spacial score (nSPS) is 21.0. The quantitative estimate of drug-likeness (QED) is 0.827. The fraction of sp³-hybridized carbons (Fsp3) is 0.556. The van der Waals surface area contributed by atoms with Crippen molar-refractivity contribution in [1.82, 2.24) is 20.0 Å². The van der Waals surface area contributed by atoms with Gasteiger partial charge in [0.05, 0.1) is 12.1 Å². The van der Waals surface area contributed by atoms with Gasteiger partial charge < -0.3 is 9.42 Å². The van der Waals surface area contributed by atoms with E-state index in [0.717, 1.165) is 50.0 Å². The van der Waals surface area contributed by atoms with E-state index in [1.54, 1.807) is 6.20 Å². The Hall–Kier alpha value is -2.46. The van der Waals surface area contributed by atoms with Gasteiger partial charge in [0.15, 0.2) is 5.82 Å². The maximum Gasteiger partial charge on any atom is 0.229 e. The second kappa shape index (κ2) is 6.81. The molecule has 0 spiro atoms. The molecular formula is C18H22N6O. The van der Waals surface area contributed by atoms with Gasteiger partial charge in [-0.15, -0.1) is 0 Å². The van der Waals surface area contributed by atoms with E-state index in [9.17, 15) is 0 Å². The molecular weight excluding hydrogens is 316 g/mol. The van der Waals surface area contributed by atoms with Gasteiger partial charge in [-0.05, 0) is 44.4 Å². The number of hydrogen-bond acceptors (Lipinski definition) is 7. The molecule has 0 aromatic carbocycles.